The molecule has 3 aromatic rings. The first-order valence-corrected chi connectivity index (χ1v) is 6.90. The van der Waals surface area contributed by atoms with Crippen molar-refractivity contribution in [2.45, 2.75) is 0 Å². The number of phenols is 2. The number of rotatable bonds is 2. The molecule has 0 aliphatic rings. The molecular weight excluding hydrogens is 332 g/mol. The number of hydrogen-bond acceptors (Lipinski definition) is 6. The van der Waals surface area contributed by atoms with Crippen LogP contribution in [0.25, 0.3) is 22.2 Å². The number of aromatic nitrogens is 2. The summed E-state index contributed by atoms with van der Waals surface area (Å²) in [4.78, 5) is 5.10. The number of aromatic hydroxyl groups is 2. The second-order valence-electron chi connectivity index (χ2n) is 3.79. The second-order valence-corrected chi connectivity index (χ2v) is 5.62. The molecule has 0 fully saturated rings. The average Bonchev–Trinajstić information content (AvgIpc) is 2.95. The third kappa shape index (κ3) is 2.47. The minimum absolute atomic E-state index is 0.0615. The van der Waals surface area contributed by atoms with Gasteiger partial charge < -0.3 is 14.7 Å². The molecule has 96 valence electrons. The molecule has 0 radical (unpaired) electrons. The van der Waals surface area contributed by atoms with Gasteiger partial charge in [0.05, 0.1) is 4.88 Å². The lowest BCUT2D eigenvalue weighted by Crippen LogP contribution is -1.79. The summed E-state index contributed by atoms with van der Waals surface area (Å²) in [5, 5.41) is 24.7. The number of thiophene rings is 1. The van der Waals surface area contributed by atoms with Crippen LogP contribution in [0, 0.1) is 0 Å². The monoisotopic (exact) mass is 338 g/mol. The summed E-state index contributed by atoms with van der Waals surface area (Å²) in [5.74, 6) is 0.585. The predicted molar refractivity (Wildman–Crippen MR) is 74.1 cm³/mol. The molecule has 0 saturated heterocycles. The minimum Gasteiger partial charge on any atom is -0.508 e. The molecule has 19 heavy (non-hydrogen) atoms. The normalized spacial score (nSPS) is 10.8. The summed E-state index contributed by atoms with van der Waals surface area (Å²) >= 11 is 4.85. The van der Waals surface area contributed by atoms with Gasteiger partial charge in [-0.1, -0.05) is 5.16 Å². The summed E-state index contributed by atoms with van der Waals surface area (Å²) in [6.07, 6.45) is 0. The summed E-state index contributed by atoms with van der Waals surface area (Å²) in [7, 11) is 0. The van der Waals surface area contributed by atoms with E-state index in [1.54, 1.807) is 0 Å². The van der Waals surface area contributed by atoms with Gasteiger partial charge in [0.1, 0.15) is 11.5 Å². The number of hydrogen-bond donors (Lipinski definition) is 2. The molecule has 0 bridgehead atoms. The molecule has 2 aromatic heterocycles. The Labute approximate surface area is 120 Å². The van der Waals surface area contributed by atoms with E-state index >= 15 is 0 Å². The van der Waals surface area contributed by atoms with E-state index in [1.165, 1.54) is 29.5 Å². The smallest absolute Gasteiger partial charge is 0.258 e. The van der Waals surface area contributed by atoms with E-state index in [-0.39, 0.29) is 17.4 Å². The van der Waals surface area contributed by atoms with Crippen LogP contribution in [0.1, 0.15) is 0 Å². The van der Waals surface area contributed by atoms with E-state index in [9.17, 15) is 10.2 Å². The van der Waals surface area contributed by atoms with Crippen LogP contribution in [0.4, 0.5) is 0 Å². The molecule has 0 amide bonds. The average molecular weight is 339 g/mol. The van der Waals surface area contributed by atoms with Gasteiger partial charge in [0.2, 0.25) is 5.82 Å². The Kier molecular flexibility index (Phi) is 3.00. The lowest BCUT2D eigenvalue weighted by Gasteiger charge is -1.97. The number of phenolic OH excluding ortho intramolecular Hbond substituents is 2. The van der Waals surface area contributed by atoms with Gasteiger partial charge in [-0.2, -0.15) is 4.98 Å². The standard InChI is InChI=1S/C12H7BrN2O3S/c13-7-3-10(19-5-7)11-14-12(18-15-11)6-1-8(16)4-9(17)2-6/h1-5,16-17H. The molecule has 5 nitrogen and oxygen atoms in total. The largest absolute Gasteiger partial charge is 0.508 e. The third-order valence-corrected chi connectivity index (χ3v) is 4.05. The molecule has 0 unspecified atom stereocenters. The fourth-order valence-corrected chi connectivity index (χ4v) is 2.94. The molecule has 7 heteroatoms. The van der Waals surface area contributed by atoms with Crippen molar-refractivity contribution in [3.63, 3.8) is 0 Å². The van der Waals surface area contributed by atoms with E-state index < -0.39 is 0 Å². The summed E-state index contributed by atoms with van der Waals surface area (Å²) in [6.45, 7) is 0. The number of halogens is 1. The molecule has 0 spiro atoms. The van der Waals surface area contributed by atoms with Crippen molar-refractivity contribution in [1.29, 1.82) is 0 Å². The SMILES string of the molecule is Oc1cc(O)cc(-c2nc(-c3cc(Br)cs3)no2)c1. The summed E-state index contributed by atoms with van der Waals surface area (Å²) in [5.41, 5.74) is 0.465. The van der Waals surface area contributed by atoms with Crippen molar-refractivity contribution in [3.05, 3.63) is 34.1 Å². The highest BCUT2D eigenvalue weighted by molar-refractivity contribution is 9.10. The molecule has 0 aliphatic carbocycles. The van der Waals surface area contributed by atoms with Crippen molar-refractivity contribution in [1.82, 2.24) is 10.1 Å². The van der Waals surface area contributed by atoms with Crippen LogP contribution < -0.4 is 0 Å². The highest BCUT2D eigenvalue weighted by Gasteiger charge is 2.13. The zero-order chi connectivity index (χ0) is 13.4. The van der Waals surface area contributed by atoms with Gasteiger partial charge in [-0.3, -0.25) is 0 Å². The number of benzene rings is 1. The molecule has 1 aromatic carbocycles. The zero-order valence-corrected chi connectivity index (χ0v) is 11.8. The van der Waals surface area contributed by atoms with Gasteiger partial charge >= 0.3 is 0 Å². The first kappa shape index (κ1) is 12.2. The van der Waals surface area contributed by atoms with E-state index in [0.717, 1.165) is 9.35 Å². The van der Waals surface area contributed by atoms with E-state index in [0.29, 0.717) is 11.4 Å². The summed E-state index contributed by atoms with van der Waals surface area (Å²) in [6, 6.07) is 6.01. The minimum atomic E-state index is -0.0615. The third-order valence-electron chi connectivity index (χ3n) is 2.36. The van der Waals surface area contributed by atoms with Crippen LogP contribution >= 0.6 is 27.3 Å². The maximum Gasteiger partial charge on any atom is 0.258 e. The lowest BCUT2D eigenvalue weighted by molar-refractivity contribution is 0.429. The first-order chi connectivity index (χ1) is 9.11. The van der Waals surface area contributed by atoms with Gasteiger partial charge in [-0.05, 0) is 34.1 Å². The van der Waals surface area contributed by atoms with Gasteiger partial charge in [0, 0.05) is 21.5 Å². The number of nitrogens with zero attached hydrogens (tertiary/aromatic N) is 2. The quantitative estimate of drug-likeness (QED) is 0.745. The van der Waals surface area contributed by atoms with E-state index in [1.807, 2.05) is 11.4 Å². The van der Waals surface area contributed by atoms with Crippen LogP contribution in [0.2, 0.25) is 0 Å². The highest BCUT2D eigenvalue weighted by atomic mass is 79.9. The van der Waals surface area contributed by atoms with Crippen molar-refractivity contribution < 1.29 is 14.7 Å². The van der Waals surface area contributed by atoms with Crippen LogP contribution in [0.5, 0.6) is 11.5 Å². The van der Waals surface area contributed by atoms with Gasteiger partial charge in [-0.15, -0.1) is 11.3 Å². The molecule has 2 N–H and O–H groups in total. The van der Waals surface area contributed by atoms with Gasteiger partial charge in [0.15, 0.2) is 0 Å². The zero-order valence-electron chi connectivity index (χ0n) is 9.37. The van der Waals surface area contributed by atoms with E-state index in [4.69, 9.17) is 4.52 Å². The lowest BCUT2D eigenvalue weighted by atomic mass is 10.2. The van der Waals surface area contributed by atoms with Gasteiger partial charge in [0.25, 0.3) is 5.89 Å². The van der Waals surface area contributed by atoms with Crippen molar-refractivity contribution in [2.24, 2.45) is 0 Å². The highest BCUT2D eigenvalue weighted by Crippen LogP contribution is 2.31. The van der Waals surface area contributed by atoms with Crippen molar-refractivity contribution in [3.8, 4) is 33.7 Å². The Hall–Kier alpha value is -1.86. The van der Waals surface area contributed by atoms with Crippen molar-refractivity contribution in [2.75, 3.05) is 0 Å². The summed E-state index contributed by atoms with van der Waals surface area (Å²) < 4.78 is 6.09. The van der Waals surface area contributed by atoms with Crippen LogP contribution in [-0.4, -0.2) is 20.4 Å². The Balaban J connectivity index is 2.01. The first-order valence-electron chi connectivity index (χ1n) is 5.23. The maximum absolute atomic E-state index is 9.43. The van der Waals surface area contributed by atoms with Crippen LogP contribution in [0.3, 0.4) is 0 Å². The molecular formula is C12H7BrN2O3S. The van der Waals surface area contributed by atoms with Crippen molar-refractivity contribution >= 4 is 27.3 Å². The molecule has 0 atom stereocenters. The Morgan fingerprint density at radius 3 is 2.47 bits per heavy atom. The Bertz CT molecular complexity index is 718. The Morgan fingerprint density at radius 1 is 1.11 bits per heavy atom. The second kappa shape index (κ2) is 4.67. The van der Waals surface area contributed by atoms with Crippen LogP contribution in [-0.2, 0) is 0 Å². The van der Waals surface area contributed by atoms with Crippen LogP contribution in [0.15, 0.2) is 38.6 Å². The van der Waals surface area contributed by atoms with E-state index in [2.05, 4.69) is 26.1 Å². The predicted octanol–water partition coefficient (Wildman–Crippen LogP) is 3.64. The van der Waals surface area contributed by atoms with Gasteiger partial charge in [-0.25, -0.2) is 0 Å². The Morgan fingerprint density at radius 2 is 1.84 bits per heavy atom. The molecule has 3 rings (SSSR count). The maximum atomic E-state index is 9.43. The fourth-order valence-electron chi connectivity index (χ4n) is 1.59. The fraction of sp³-hybridized carbons (Fsp3) is 0. The molecule has 0 saturated carbocycles. The topological polar surface area (TPSA) is 79.4 Å². The molecule has 0 aliphatic heterocycles. The molecule has 2 heterocycles.